The van der Waals surface area contributed by atoms with Gasteiger partial charge in [-0.25, -0.2) is 15.0 Å². The van der Waals surface area contributed by atoms with Crippen molar-refractivity contribution >= 4 is 140 Å². The lowest BCUT2D eigenvalue weighted by Gasteiger charge is -2.13. The Hall–Kier alpha value is -19.0. The number of aromatic nitrogens is 8. The zero-order chi connectivity index (χ0) is 93.9. The fraction of sp³-hybridized carbons (Fsp3) is 0. The molecule has 0 N–H and O–H groups in total. The fourth-order valence-corrected chi connectivity index (χ4v) is 20.2. The highest BCUT2D eigenvalue weighted by atomic mass is 14.9. The van der Waals surface area contributed by atoms with E-state index in [2.05, 4.69) is 462 Å². The molecule has 7 aromatic heterocycles. The largest absolute Gasteiger partial charge is 0.264 e. The number of benzene rings is 21. The van der Waals surface area contributed by atoms with E-state index in [-0.39, 0.29) is 0 Å². The molecule has 0 spiro atoms. The minimum absolute atomic E-state index is 0.694. The molecule has 0 bridgehead atoms. The van der Waals surface area contributed by atoms with Gasteiger partial charge in [0.05, 0.1) is 22.8 Å². The molecule has 0 fully saturated rings. The smallest absolute Gasteiger partial charge is 0.160 e. The number of rotatable bonds is 12. The lowest BCUT2D eigenvalue weighted by atomic mass is 9.91. The van der Waals surface area contributed by atoms with E-state index < -0.39 is 0 Å². The molecule has 0 aliphatic heterocycles. The third kappa shape index (κ3) is 16.7. The molecular weight excluding hydrogens is 1720 g/mol. The average molecular weight is 1810 g/mol. The van der Waals surface area contributed by atoms with Gasteiger partial charge in [0.2, 0.25) is 0 Å². The van der Waals surface area contributed by atoms with Gasteiger partial charge in [-0.1, -0.05) is 279 Å². The summed E-state index contributed by atoms with van der Waals surface area (Å²) in [6.07, 6.45) is 18.7. The molecule has 0 radical (unpaired) electrons. The minimum Gasteiger partial charge on any atom is -0.264 e. The highest BCUT2D eigenvalue weighted by molar-refractivity contribution is 6.06. The second-order valence-corrected chi connectivity index (χ2v) is 36.9. The van der Waals surface area contributed by atoms with Crippen LogP contribution in [0.15, 0.2) is 511 Å². The van der Waals surface area contributed by atoms with Crippen LogP contribution in [0.1, 0.15) is 0 Å². The molecule has 0 saturated heterocycles. The van der Waals surface area contributed by atoms with Gasteiger partial charge in [0.25, 0.3) is 0 Å². The first-order valence-corrected chi connectivity index (χ1v) is 48.0. The van der Waals surface area contributed by atoms with Crippen LogP contribution in [-0.4, -0.2) is 39.9 Å². The topological polar surface area (TPSA) is 103 Å². The van der Waals surface area contributed by atoms with Crippen molar-refractivity contribution in [3.63, 3.8) is 0 Å². The maximum absolute atomic E-state index is 5.19. The summed E-state index contributed by atoms with van der Waals surface area (Å²) in [5.41, 5.74) is 25.6. The Morgan fingerprint density at radius 1 is 0.0986 bits per heavy atom. The van der Waals surface area contributed by atoms with Crippen molar-refractivity contribution in [1.82, 2.24) is 39.9 Å². The molecule has 0 aliphatic carbocycles. The van der Waals surface area contributed by atoms with Crippen molar-refractivity contribution in [3.8, 4) is 134 Å². The predicted molar refractivity (Wildman–Crippen MR) is 594 cm³/mol. The zero-order valence-corrected chi connectivity index (χ0v) is 77.1. The van der Waals surface area contributed by atoms with Crippen molar-refractivity contribution in [2.45, 2.75) is 0 Å². The lowest BCUT2D eigenvalue weighted by molar-refractivity contribution is 1.19. The zero-order valence-electron chi connectivity index (χ0n) is 77.1. The van der Waals surface area contributed by atoms with E-state index in [9.17, 15) is 0 Å². The van der Waals surface area contributed by atoms with Crippen LogP contribution < -0.4 is 0 Å². The van der Waals surface area contributed by atoms with Crippen molar-refractivity contribution in [2.24, 2.45) is 0 Å². The summed E-state index contributed by atoms with van der Waals surface area (Å²) in [6, 6.07) is 162. The molecule has 21 aromatic carbocycles. The molecule has 8 heteroatoms. The molecule has 7 heterocycles. The quantitative estimate of drug-likeness (QED) is 0.111. The Morgan fingerprint density at radius 2 is 0.275 bits per heavy atom. The van der Waals surface area contributed by atoms with Crippen molar-refractivity contribution < 1.29 is 0 Å². The first-order chi connectivity index (χ1) is 70.2. The van der Waals surface area contributed by atoms with Crippen LogP contribution in [0, 0.1) is 0 Å². The molecular formula is C134H84N8. The van der Waals surface area contributed by atoms with Gasteiger partial charge in [0.15, 0.2) is 5.82 Å². The molecule has 28 aromatic rings. The Bertz CT molecular complexity index is 9190. The van der Waals surface area contributed by atoms with Crippen molar-refractivity contribution in [2.75, 3.05) is 0 Å². The Labute approximate surface area is 819 Å². The van der Waals surface area contributed by atoms with E-state index in [0.717, 1.165) is 105 Å². The van der Waals surface area contributed by atoms with Gasteiger partial charge in [-0.2, -0.15) is 0 Å². The van der Waals surface area contributed by atoms with E-state index >= 15 is 0 Å². The van der Waals surface area contributed by atoms with Crippen LogP contribution in [-0.2, 0) is 0 Å². The van der Waals surface area contributed by atoms with Gasteiger partial charge in [-0.3, -0.25) is 24.9 Å². The predicted octanol–water partition coefficient (Wildman–Crippen LogP) is 35.2. The number of nitrogens with zero attached hydrogens (tertiary/aromatic N) is 8. The normalized spacial score (nSPS) is 11.5. The van der Waals surface area contributed by atoms with Gasteiger partial charge >= 0.3 is 0 Å². The van der Waals surface area contributed by atoms with Gasteiger partial charge in [0, 0.05) is 117 Å². The average Bonchev–Trinajstić information content (AvgIpc) is 0.779. The summed E-state index contributed by atoms with van der Waals surface area (Å²) in [7, 11) is 0. The maximum atomic E-state index is 5.19. The molecule has 0 amide bonds. The summed E-state index contributed by atoms with van der Waals surface area (Å²) in [5.74, 6) is 0.694. The highest BCUT2D eigenvalue weighted by Gasteiger charge is 2.19. The molecule has 8 nitrogen and oxygen atoms in total. The molecule has 0 atom stereocenters. The van der Waals surface area contributed by atoms with Gasteiger partial charge in [-0.05, 0) is 361 Å². The number of hydrogen-bond acceptors (Lipinski definition) is 8. The third-order valence-electron chi connectivity index (χ3n) is 27.9. The summed E-state index contributed by atoms with van der Waals surface area (Å²) in [5, 5.41) is 31.3. The number of fused-ring (bicyclic) bond motifs is 13. The minimum atomic E-state index is 0.694. The van der Waals surface area contributed by atoms with Crippen LogP contribution in [0.25, 0.3) is 274 Å². The molecule has 0 unspecified atom stereocenters. The Balaban J connectivity index is 0.000000113. The number of pyridine rings is 6. The van der Waals surface area contributed by atoms with Crippen LogP contribution >= 0.6 is 0 Å². The summed E-state index contributed by atoms with van der Waals surface area (Å²) in [6.45, 7) is 0. The van der Waals surface area contributed by atoms with E-state index in [0.29, 0.717) is 5.82 Å². The van der Waals surface area contributed by atoms with Crippen LogP contribution in [0.2, 0.25) is 0 Å². The molecule has 0 saturated carbocycles. The van der Waals surface area contributed by atoms with Crippen molar-refractivity contribution in [1.29, 1.82) is 0 Å². The second-order valence-electron chi connectivity index (χ2n) is 36.9. The van der Waals surface area contributed by atoms with Crippen LogP contribution in [0.4, 0.5) is 0 Å². The second kappa shape index (κ2) is 35.9. The van der Waals surface area contributed by atoms with E-state index in [1.807, 2.05) is 74.1 Å². The van der Waals surface area contributed by atoms with E-state index in [1.165, 1.54) is 164 Å². The monoisotopic (exact) mass is 1800 g/mol. The molecule has 0 aliphatic rings. The van der Waals surface area contributed by atoms with Crippen LogP contribution in [0.5, 0.6) is 0 Å². The van der Waals surface area contributed by atoms with Crippen molar-refractivity contribution in [3.05, 3.63) is 511 Å². The third-order valence-corrected chi connectivity index (χ3v) is 27.9. The summed E-state index contributed by atoms with van der Waals surface area (Å²) >= 11 is 0. The van der Waals surface area contributed by atoms with E-state index in [1.54, 1.807) is 0 Å². The van der Waals surface area contributed by atoms with E-state index in [4.69, 9.17) is 15.0 Å². The Kier molecular flexibility index (Phi) is 21.1. The molecule has 142 heavy (non-hydrogen) atoms. The summed E-state index contributed by atoms with van der Waals surface area (Å²) in [4.78, 5) is 36.7. The SMILES string of the molecule is c1ccc2cc3cc(-c4cc(-c5ccc6cnccc6c5)nc(-c5ccc6cnccc6c5)c4)ccc3cc2c1.c1ccc2cc3cc(-c4cc(-c5ccc6cnccc6c5)nc(-c5ccc6cnccc6c5)n4)ccc3cc2c1.c1ccc2cc3cc(-c4ccc(-c5cc(-c6ccc(-c7ccc8cnccc8c7)cc6)cc(-c6ccc(-c7ccc8cc9ccccc9cc8c7)cc6)c5)cc4)ccc3cc2c1. The van der Waals surface area contributed by atoms with Gasteiger partial charge < -0.3 is 0 Å². The van der Waals surface area contributed by atoms with Gasteiger partial charge in [0.1, 0.15) is 0 Å². The van der Waals surface area contributed by atoms with Gasteiger partial charge in [-0.15, -0.1) is 0 Å². The molecule has 28 rings (SSSR count). The van der Waals surface area contributed by atoms with Crippen LogP contribution in [0.3, 0.4) is 0 Å². The number of hydrogen-bond donors (Lipinski definition) is 0. The first-order valence-electron chi connectivity index (χ1n) is 48.0. The summed E-state index contributed by atoms with van der Waals surface area (Å²) < 4.78 is 0. The highest BCUT2D eigenvalue weighted by Crippen LogP contribution is 2.42. The standard InChI is InChI=1S/C61H39N.C37H23N3.C36H22N4/c1-3-7-48-32-60-34-51(21-23-53(60)29-46(48)5-1)41-11-17-44(18-12-41)58-36-57(43-15-9-40(10-16-43)50-25-26-56-39-62-28-27-55(56)31-50)37-59(38-58)45-19-13-42(14-20-45)52-22-24-54-30-47-6-2-4-8-49(47)33-61(54)35-52;1-2-4-25-18-34-19-27(6-5-26(34)15-24(25)3-1)35-20-36(30-7-9-32-22-38-13-11-28(32)16-30)40-37(21-35)31-8-10-33-23-39-14-12-29(33)17-31;1-2-4-24-18-33-19-29(6-5-25(33)15-23(24)3-1)35-20-34(28-7-9-31-21-37-13-11-26(31)16-28)39-36(40-35)30-8-10-32-22-38-14-12-27(32)17-30/h1-39H;1-23H;1-22H. The fourth-order valence-electron chi connectivity index (χ4n) is 20.2. The lowest BCUT2D eigenvalue weighted by Crippen LogP contribution is -1.96. The molecule has 660 valence electrons. The maximum Gasteiger partial charge on any atom is 0.160 e. The Morgan fingerprint density at radius 3 is 0.556 bits per heavy atom. The first kappa shape index (κ1) is 83.6.